The summed E-state index contributed by atoms with van der Waals surface area (Å²) in [5.41, 5.74) is 0.777. The fraction of sp³-hybridized carbons (Fsp3) is 0.100. The number of sulfonamides is 1. The minimum Gasteiger partial charge on any atom is -0.269 e. The summed E-state index contributed by atoms with van der Waals surface area (Å²) in [6.45, 7) is 1.80. The van der Waals surface area contributed by atoms with Gasteiger partial charge >= 0.3 is 0 Å². The molecule has 0 atom stereocenters. The maximum atomic E-state index is 12.0. The van der Waals surface area contributed by atoms with Gasteiger partial charge in [0.1, 0.15) is 5.00 Å². The molecule has 7 heteroatoms. The van der Waals surface area contributed by atoms with Gasteiger partial charge in [-0.1, -0.05) is 17.7 Å². The molecule has 0 spiro atoms. The second kappa shape index (κ2) is 4.64. The number of hydrogen-bond donors (Lipinski definition) is 1. The first kappa shape index (κ1) is 12.3. The Bertz CT molecular complexity index is 637. The molecule has 1 N–H and O–H groups in total. The molecule has 2 rings (SSSR count). The van der Waals surface area contributed by atoms with Gasteiger partial charge in [0.2, 0.25) is 0 Å². The topological polar surface area (TPSA) is 59.1 Å². The number of aromatic nitrogens is 1. The van der Waals surface area contributed by atoms with Crippen molar-refractivity contribution in [3.8, 4) is 0 Å². The van der Waals surface area contributed by atoms with Gasteiger partial charge in [0, 0.05) is 5.02 Å². The summed E-state index contributed by atoms with van der Waals surface area (Å²) >= 11 is 6.86. The summed E-state index contributed by atoms with van der Waals surface area (Å²) in [4.78, 5) is 0.135. The van der Waals surface area contributed by atoms with E-state index in [9.17, 15) is 8.42 Å². The van der Waals surface area contributed by atoms with Gasteiger partial charge in [-0.15, -0.1) is 0 Å². The van der Waals surface area contributed by atoms with E-state index in [1.54, 1.807) is 25.1 Å². The predicted molar refractivity (Wildman–Crippen MR) is 69.1 cm³/mol. The summed E-state index contributed by atoms with van der Waals surface area (Å²) in [6, 6.07) is 7.78. The molecule has 0 unspecified atom stereocenters. The van der Waals surface area contributed by atoms with Crippen molar-refractivity contribution in [3.63, 3.8) is 0 Å². The molecule has 90 valence electrons. The Labute approximate surface area is 108 Å². The van der Waals surface area contributed by atoms with Crippen molar-refractivity contribution in [1.82, 2.24) is 4.37 Å². The maximum absolute atomic E-state index is 12.0. The van der Waals surface area contributed by atoms with Gasteiger partial charge in [-0.3, -0.25) is 4.72 Å². The highest BCUT2D eigenvalue weighted by atomic mass is 35.5. The average molecular weight is 289 g/mol. The van der Waals surface area contributed by atoms with E-state index >= 15 is 0 Å². The Hall–Kier alpha value is -1.11. The van der Waals surface area contributed by atoms with Crippen LogP contribution in [0.2, 0.25) is 5.02 Å². The summed E-state index contributed by atoms with van der Waals surface area (Å²) in [7, 11) is -3.59. The van der Waals surface area contributed by atoms with Crippen molar-refractivity contribution in [3.05, 3.63) is 41.0 Å². The molecule has 0 bridgehead atoms. The molecule has 0 aliphatic carbocycles. The van der Waals surface area contributed by atoms with Crippen molar-refractivity contribution in [2.45, 2.75) is 11.8 Å². The minimum atomic E-state index is -3.59. The van der Waals surface area contributed by atoms with E-state index in [4.69, 9.17) is 11.6 Å². The van der Waals surface area contributed by atoms with E-state index in [-0.39, 0.29) is 4.90 Å². The second-order valence-corrected chi connectivity index (χ2v) is 6.32. The monoisotopic (exact) mass is 288 g/mol. The Kier molecular flexibility index (Phi) is 3.37. The molecule has 0 amide bonds. The van der Waals surface area contributed by atoms with Crippen LogP contribution < -0.4 is 4.72 Å². The quantitative estimate of drug-likeness (QED) is 0.945. The first-order valence-corrected chi connectivity index (χ1v) is 7.32. The molecule has 1 aromatic heterocycles. The SMILES string of the molecule is Cc1cc(NS(=O)(=O)c2cccc(Cl)c2)sn1. The maximum Gasteiger partial charge on any atom is 0.262 e. The van der Waals surface area contributed by atoms with E-state index < -0.39 is 10.0 Å². The van der Waals surface area contributed by atoms with Crippen LogP contribution in [-0.2, 0) is 10.0 Å². The molecule has 17 heavy (non-hydrogen) atoms. The first-order chi connectivity index (χ1) is 7.97. The van der Waals surface area contributed by atoms with Gasteiger partial charge in [0.15, 0.2) is 0 Å². The smallest absolute Gasteiger partial charge is 0.262 e. The molecule has 1 aromatic carbocycles. The lowest BCUT2D eigenvalue weighted by molar-refractivity contribution is 0.601. The van der Waals surface area contributed by atoms with Crippen LogP contribution >= 0.6 is 23.1 Å². The highest BCUT2D eigenvalue weighted by molar-refractivity contribution is 7.93. The molecule has 0 saturated carbocycles. The van der Waals surface area contributed by atoms with Gasteiger partial charge < -0.3 is 0 Å². The van der Waals surface area contributed by atoms with Crippen molar-refractivity contribution in [2.75, 3.05) is 4.72 Å². The number of rotatable bonds is 3. The Morgan fingerprint density at radius 1 is 1.35 bits per heavy atom. The van der Waals surface area contributed by atoms with Crippen LogP contribution in [0.3, 0.4) is 0 Å². The summed E-state index contributed by atoms with van der Waals surface area (Å²) in [6.07, 6.45) is 0. The standard InChI is InChI=1S/C10H9ClN2O2S2/c1-7-5-10(16-12-7)13-17(14,15)9-4-2-3-8(11)6-9/h2-6,13H,1H3. The lowest BCUT2D eigenvalue weighted by Crippen LogP contribution is -2.11. The fourth-order valence-electron chi connectivity index (χ4n) is 1.24. The number of hydrogen-bond acceptors (Lipinski definition) is 4. The Morgan fingerprint density at radius 2 is 2.12 bits per heavy atom. The third-order valence-electron chi connectivity index (χ3n) is 1.97. The first-order valence-electron chi connectivity index (χ1n) is 4.69. The van der Waals surface area contributed by atoms with E-state index in [1.165, 1.54) is 12.1 Å². The summed E-state index contributed by atoms with van der Waals surface area (Å²) in [5.74, 6) is 0. The zero-order chi connectivity index (χ0) is 12.5. The molecular weight excluding hydrogens is 280 g/mol. The second-order valence-electron chi connectivity index (χ2n) is 3.40. The summed E-state index contributed by atoms with van der Waals surface area (Å²) < 4.78 is 30.4. The zero-order valence-corrected chi connectivity index (χ0v) is 11.2. The third kappa shape index (κ3) is 2.96. The number of anilines is 1. The van der Waals surface area contributed by atoms with E-state index in [0.717, 1.165) is 17.2 Å². The van der Waals surface area contributed by atoms with Crippen LogP contribution in [0.1, 0.15) is 5.69 Å². The molecule has 0 aliphatic rings. The number of aryl methyl sites for hydroxylation is 1. The van der Waals surface area contributed by atoms with Crippen LogP contribution in [0.25, 0.3) is 0 Å². The van der Waals surface area contributed by atoms with Gasteiger partial charge in [-0.2, -0.15) is 4.37 Å². The largest absolute Gasteiger partial charge is 0.269 e. The number of nitrogens with zero attached hydrogens (tertiary/aromatic N) is 1. The molecule has 2 aromatic rings. The molecule has 0 radical (unpaired) electrons. The lowest BCUT2D eigenvalue weighted by Gasteiger charge is -2.05. The number of nitrogens with one attached hydrogen (secondary N) is 1. The van der Waals surface area contributed by atoms with E-state index in [1.807, 2.05) is 0 Å². The zero-order valence-electron chi connectivity index (χ0n) is 8.84. The molecular formula is C10H9ClN2O2S2. The highest BCUT2D eigenvalue weighted by Crippen LogP contribution is 2.22. The van der Waals surface area contributed by atoms with Gasteiger partial charge in [-0.25, -0.2) is 8.42 Å². The van der Waals surface area contributed by atoms with Crippen LogP contribution in [0, 0.1) is 6.92 Å². The van der Waals surface area contributed by atoms with Crippen molar-refractivity contribution < 1.29 is 8.42 Å². The van der Waals surface area contributed by atoms with Crippen LogP contribution in [-0.4, -0.2) is 12.8 Å². The molecule has 1 heterocycles. The normalized spacial score (nSPS) is 11.4. The molecule has 0 saturated heterocycles. The molecule has 0 aliphatic heterocycles. The number of benzene rings is 1. The highest BCUT2D eigenvalue weighted by Gasteiger charge is 2.15. The van der Waals surface area contributed by atoms with Crippen molar-refractivity contribution in [1.29, 1.82) is 0 Å². The predicted octanol–water partition coefficient (Wildman–Crippen LogP) is 2.91. The fourth-order valence-corrected chi connectivity index (χ4v) is 3.47. The Balaban J connectivity index is 2.31. The third-order valence-corrected chi connectivity index (χ3v) is 4.49. The Morgan fingerprint density at radius 3 is 2.71 bits per heavy atom. The van der Waals surface area contributed by atoms with Gasteiger partial charge in [0.05, 0.1) is 10.6 Å². The van der Waals surface area contributed by atoms with Crippen molar-refractivity contribution in [2.24, 2.45) is 0 Å². The average Bonchev–Trinajstić information content (AvgIpc) is 2.63. The van der Waals surface area contributed by atoms with E-state index in [0.29, 0.717) is 10.0 Å². The molecule has 0 fully saturated rings. The van der Waals surface area contributed by atoms with Crippen molar-refractivity contribution >= 4 is 38.2 Å². The lowest BCUT2D eigenvalue weighted by atomic mass is 10.4. The van der Waals surface area contributed by atoms with Crippen LogP contribution in [0.5, 0.6) is 0 Å². The minimum absolute atomic E-state index is 0.135. The summed E-state index contributed by atoms with van der Waals surface area (Å²) in [5, 5.41) is 0.871. The van der Waals surface area contributed by atoms with Gasteiger partial charge in [-0.05, 0) is 42.7 Å². The van der Waals surface area contributed by atoms with Crippen LogP contribution in [0.15, 0.2) is 35.2 Å². The van der Waals surface area contributed by atoms with E-state index in [2.05, 4.69) is 9.10 Å². The van der Waals surface area contributed by atoms with Crippen LogP contribution in [0.4, 0.5) is 5.00 Å². The molecule has 4 nitrogen and oxygen atoms in total. The number of halogens is 1. The van der Waals surface area contributed by atoms with Gasteiger partial charge in [0.25, 0.3) is 10.0 Å².